The molecule has 1 aromatic rings. The molecular weight excluding hydrogens is 240 g/mol. The van der Waals surface area contributed by atoms with E-state index < -0.39 is 0 Å². The Bertz CT molecular complexity index is 519. The number of nitrogens with one attached hydrogen (secondary N) is 2. The first-order valence-electron chi connectivity index (χ1n) is 6.89. The van der Waals surface area contributed by atoms with Gasteiger partial charge in [0.15, 0.2) is 5.78 Å². The number of piperidine rings is 1. The van der Waals surface area contributed by atoms with Crippen molar-refractivity contribution in [1.29, 1.82) is 0 Å². The molecule has 4 nitrogen and oxygen atoms in total. The minimum atomic E-state index is 0.0103. The van der Waals surface area contributed by atoms with Gasteiger partial charge < -0.3 is 10.6 Å². The monoisotopic (exact) mass is 258 g/mol. The molecule has 19 heavy (non-hydrogen) atoms. The SMILES string of the molecule is O=C1Cc2cc(C(=O)CC3CCCNC3)ccc2N1. The molecule has 0 aromatic heterocycles. The highest BCUT2D eigenvalue weighted by Crippen LogP contribution is 2.25. The largest absolute Gasteiger partial charge is 0.326 e. The van der Waals surface area contributed by atoms with Gasteiger partial charge in [-0.3, -0.25) is 9.59 Å². The van der Waals surface area contributed by atoms with Crippen molar-refractivity contribution in [1.82, 2.24) is 5.32 Å². The van der Waals surface area contributed by atoms with Gasteiger partial charge in [0.1, 0.15) is 0 Å². The van der Waals surface area contributed by atoms with Crippen molar-refractivity contribution in [3.8, 4) is 0 Å². The lowest BCUT2D eigenvalue weighted by atomic mass is 9.91. The second-order valence-corrected chi connectivity index (χ2v) is 5.44. The summed E-state index contributed by atoms with van der Waals surface area (Å²) in [6.45, 7) is 2.01. The number of hydrogen-bond acceptors (Lipinski definition) is 3. The summed E-state index contributed by atoms with van der Waals surface area (Å²) in [7, 11) is 0. The zero-order valence-electron chi connectivity index (χ0n) is 10.9. The maximum Gasteiger partial charge on any atom is 0.228 e. The first kappa shape index (κ1) is 12.4. The van der Waals surface area contributed by atoms with E-state index in [4.69, 9.17) is 0 Å². The standard InChI is InChI=1S/C15H18N2O2/c18-14(6-10-2-1-5-16-9-10)11-3-4-13-12(7-11)8-15(19)17-13/h3-4,7,10,16H,1-2,5-6,8-9H2,(H,17,19). The molecule has 1 fully saturated rings. The van der Waals surface area contributed by atoms with Crippen molar-refractivity contribution in [3.05, 3.63) is 29.3 Å². The Morgan fingerprint density at radius 3 is 3.05 bits per heavy atom. The van der Waals surface area contributed by atoms with Gasteiger partial charge in [-0.2, -0.15) is 0 Å². The van der Waals surface area contributed by atoms with Gasteiger partial charge >= 0.3 is 0 Å². The highest BCUT2D eigenvalue weighted by atomic mass is 16.1. The molecule has 3 rings (SSSR count). The van der Waals surface area contributed by atoms with E-state index in [-0.39, 0.29) is 11.7 Å². The number of benzene rings is 1. The van der Waals surface area contributed by atoms with Crippen LogP contribution in [0.4, 0.5) is 5.69 Å². The van der Waals surface area contributed by atoms with Gasteiger partial charge in [0.25, 0.3) is 0 Å². The van der Waals surface area contributed by atoms with E-state index in [1.165, 1.54) is 0 Å². The van der Waals surface area contributed by atoms with Crippen LogP contribution in [-0.4, -0.2) is 24.8 Å². The number of anilines is 1. The molecule has 100 valence electrons. The molecule has 0 saturated carbocycles. The Hall–Kier alpha value is -1.68. The van der Waals surface area contributed by atoms with Crippen LogP contribution < -0.4 is 10.6 Å². The maximum atomic E-state index is 12.3. The van der Waals surface area contributed by atoms with Crippen molar-refractivity contribution in [2.24, 2.45) is 5.92 Å². The van der Waals surface area contributed by atoms with Gasteiger partial charge in [-0.1, -0.05) is 0 Å². The van der Waals surface area contributed by atoms with E-state index in [0.717, 1.165) is 42.7 Å². The molecule has 0 spiro atoms. The third-order valence-corrected chi connectivity index (χ3v) is 3.93. The van der Waals surface area contributed by atoms with Gasteiger partial charge in [0.2, 0.25) is 5.91 Å². The van der Waals surface area contributed by atoms with Gasteiger partial charge in [-0.25, -0.2) is 0 Å². The normalized spacial score (nSPS) is 21.9. The van der Waals surface area contributed by atoms with E-state index in [1.807, 2.05) is 18.2 Å². The fourth-order valence-corrected chi connectivity index (χ4v) is 2.88. The van der Waals surface area contributed by atoms with Crippen LogP contribution in [0.25, 0.3) is 0 Å². The molecule has 1 aromatic carbocycles. The van der Waals surface area contributed by atoms with Crippen LogP contribution in [0.3, 0.4) is 0 Å². The van der Waals surface area contributed by atoms with Crippen LogP contribution >= 0.6 is 0 Å². The summed E-state index contributed by atoms with van der Waals surface area (Å²) in [6.07, 6.45) is 3.28. The Morgan fingerprint density at radius 2 is 2.26 bits per heavy atom. The zero-order chi connectivity index (χ0) is 13.2. The van der Waals surface area contributed by atoms with Gasteiger partial charge in [-0.15, -0.1) is 0 Å². The Morgan fingerprint density at radius 1 is 1.37 bits per heavy atom. The molecule has 0 bridgehead atoms. The number of fused-ring (bicyclic) bond motifs is 1. The lowest BCUT2D eigenvalue weighted by Gasteiger charge is -2.22. The predicted molar refractivity (Wildman–Crippen MR) is 73.3 cm³/mol. The Labute approximate surface area is 112 Å². The average Bonchev–Trinajstić information content (AvgIpc) is 2.78. The number of carbonyl (C=O) groups is 2. The summed E-state index contributed by atoms with van der Waals surface area (Å²) in [5.41, 5.74) is 2.53. The lowest BCUT2D eigenvalue weighted by Crippen LogP contribution is -2.31. The van der Waals surface area contributed by atoms with E-state index in [1.54, 1.807) is 0 Å². The molecule has 1 unspecified atom stereocenters. The summed E-state index contributed by atoms with van der Waals surface area (Å²) in [5, 5.41) is 6.12. The topological polar surface area (TPSA) is 58.2 Å². The highest BCUT2D eigenvalue weighted by Gasteiger charge is 2.21. The molecule has 1 amide bonds. The fourth-order valence-electron chi connectivity index (χ4n) is 2.88. The molecule has 2 heterocycles. The second kappa shape index (κ2) is 5.13. The van der Waals surface area contributed by atoms with Crippen LogP contribution in [0, 0.1) is 5.92 Å². The van der Waals surface area contributed by atoms with Gasteiger partial charge in [0.05, 0.1) is 6.42 Å². The molecule has 1 atom stereocenters. The number of hydrogen-bond donors (Lipinski definition) is 2. The molecule has 2 N–H and O–H groups in total. The maximum absolute atomic E-state index is 12.3. The second-order valence-electron chi connectivity index (χ2n) is 5.44. The van der Waals surface area contributed by atoms with Crippen molar-refractivity contribution >= 4 is 17.4 Å². The average molecular weight is 258 g/mol. The summed E-state index contributed by atoms with van der Waals surface area (Å²) >= 11 is 0. The number of amides is 1. The van der Waals surface area contributed by atoms with Crippen LogP contribution in [0.1, 0.15) is 35.2 Å². The molecule has 1 saturated heterocycles. The van der Waals surface area contributed by atoms with Crippen molar-refractivity contribution in [3.63, 3.8) is 0 Å². The number of rotatable bonds is 3. The van der Waals surface area contributed by atoms with Crippen molar-refractivity contribution in [2.75, 3.05) is 18.4 Å². The molecule has 0 radical (unpaired) electrons. The summed E-state index contributed by atoms with van der Waals surface area (Å²) < 4.78 is 0. The number of Topliss-reactive ketones (excluding diaryl/α,β-unsaturated/α-hetero) is 1. The van der Waals surface area contributed by atoms with Gasteiger partial charge in [-0.05, 0) is 55.6 Å². The van der Waals surface area contributed by atoms with Crippen LogP contribution in [-0.2, 0) is 11.2 Å². The third kappa shape index (κ3) is 2.68. The van der Waals surface area contributed by atoms with Crippen LogP contribution in [0.15, 0.2) is 18.2 Å². The lowest BCUT2D eigenvalue weighted by molar-refractivity contribution is -0.115. The molecular formula is C15H18N2O2. The predicted octanol–water partition coefficient (Wildman–Crippen LogP) is 1.75. The Kier molecular flexibility index (Phi) is 3.34. The Balaban J connectivity index is 1.70. The van der Waals surface area contributed by atoms with Gasteiger partial charge in [0, 0.05) is 17.7 Å². The van der Waals surface area contributed by atoms with Crippen LogP contribution in [0.5, 0.6) is 0 Å². The number of ketones is 1. The highest BCUT2D eigenvalue weighted by molar-refractivity contribution is 6.02. The number of carbonyl (C=O) groups excluding carboxylic acids is 2. The van der Waals surface area contributed by atoms with E-state index in [2.05, 4.69) is 10.6 Å². The molecule has 2 aliphatic heterocycles. The summed E-state index contributed by atoms with van der Waals surface area (Å²) in [5.74, 6) is 0.654. The zero-order valence-corrected chi connectivity index (χ0v) is 10.9. The smallest absolute Gasteiger partial charge is 0.228 e. The first-order valence-corrected chi connectivity index (χ1v) is 6.89. The third-order valence-electron chi connectivity index (χ3n) is 3.93. The van der Waals surface area contributed by atoms with Crippen molar-refractivity contribution < 1.29 is 9.59 Å². The molecule has 2 aliphatic rings. The molecule has 4 heteroatoms. The molecule has 0 aliphatic carbocycles. The van der Waals surface area contributed by atoms with E-state index in [9.17, 15) is 9.59 Å². The summed E-state index contributed by atoms with van der Waals surface area (Å²) in [4.78, 5) is 23.6. The fraction of sp³-hybridized carbons (Fsp3) is 0.467. The van der Waals surface area contributed by atoms with E-state index >= 15 is 0 Å². The quantitative estimate of drug-likeness (QED) is 0.812. The minimum Gasteiger partial charge on any atom is -0.326 e. The first-order chi connectivity index (χ1) is 9.22. The minimum absolute atomic E-state index is 0.0103. The van der Waals surface area contributed by atoms with E-state index in [0.29, 0.717) is 18.8 Å². The van der Waals surface area contributed by atoms with Crippen LogP contribution in [0.2, 0.25) is 0 Å². The summed E-state index contributed by atoms with van der Waals surface area (Å²) in [6, 6.07) is 5.53. The van der Waals surface area contributed by atoms with Crippen molar-refractivity contribution in [2.45, 2.75) is 25.7 Å².